The van der Waals surface area contributed by atoms with E-state index in [0.717, 1.165) is 39.7 Å². The molecule has 3 nitrogen and oxygen atoms in total. The number of nitrogens with zero attached hydrogens (tertiary/aromatic N) is 1. The summed E-state index contributed by atoms with van der Waals surface area (Å²) < 4.78 is 0. The van der Waals surface area contributed by atoms with Crippen LogP contribution in [0.25, 0.3) is 22.2 Å². The Labute approximate surface area is 177 Å². The van der Waals surface area contributed by atoms with Crippen LogP contribution in [0.2, 0.25) is 0 Å². The van der Waals surface area contributed by atoms with Crippen molar-refractivity contribution < 1.29 is 4.79 Å². The van der Waals surface area contributed by atoms with Gasteiger partial charge in [-0.05, 0) is 49.6 Å². The molecule has 4 rings (SSSR count). The fourth-order valence-electron chi connectivity index (χ4n) is 3.72. The lowest BCUT2D eigenvalue weighted by molar-refractivity contribution is 0.0941. The lowest BCUT2D eigenvalue weighted by Gasteiger charge is -2.16. The molecule has 1 N–H and O–H groups in total. The van der Waals surface area contributed by atoms with Crippen LogP contribution >= 0.6 is 0 Å². The van der Waals surface area contributed by atoms with Crippen LogP contribution in [0.4, 0.5) is 0 Å². The summed E-state index contributed by atoms with van der Waals surface area (Å²) >= 11 is 0. The van der Waals surface area contributed by atoms with Crippen molar-refractivity contribution in [3.05, 3.63) is 101 Å². The molecular weight excluding hydrogens is 368 g/mol. The fraction of sp³-hybridized carbons (Fsp3) is 0.185. The summed E-state index contributed by atoms with van der Waals surface area (Å²) in [5.41, 5.74) is 6.84. The minimum absolute atomic E-state index is 0.0854. The van der Waals surface area contributed by atoms with E-state index in [4.69, 9.17) is 4.98 Å². The third-order valence-corrected chi connectivity index (χ3v) is 5.51. The number of nitrogens with one attached hydrogen (secondary N) is 1. The molecule has 1 unspecified atom stereocenters. The molecule has 1 amide bonds. The Hall–Kier alpha value is -3.46. The predicted molar refractivity (Wildman–Crippen MR) is 124 cm³/mol. The van der Waals surface area contributed by atoms with Crippen LogP contribution in [0.3, 0.4) is 0 Å². The normalized spacial score (nSPS) is 12.0. The Morgan fingerprint density at radius 3 is 2.47 bits per heavy atom. The molecule has 1 atom stereocenters. The van der Waals surface area contributed by atoms with Gasteiger partial charge in [0, 0.05) is 10.9 Å². The third kappa shape index (κ3) is 4.11. The fourth-order valence-corrected chi connectivity index (χ4v) is 3.72. The van der Waals surface area contributed by atoms with Gasteiger partial charge in [-0.15, -0.1) is 0 Å². The van der Waals surface area contributed by atoms with Crippen LogP contribution in [-0.4, -0.2) is 10.9 Å². The molecule has 0 aliphatic heterocycles. The van der Waals surface area contributed by atoms with Gasteiger partial charge in [0.2, 0.25) is 0 Å². The smallest absolute Gasteiger partial charge is 0.252 e. The molecular formula is C27H26N2O. The van der Waals surface area contributed by atoms with Crippen LogP contribution in [0.15, 0.2) is 78.9 Å². The van der Waals surface area contributed by atoms with Gasteiger partial charge in [-0.1, -0.05) is 73.2 Å². The highest BCUT2D eigenvalue weighted by atomic mass is 16.1. The number of hydrogen-bond acceptors (Lipinski definition) is 2. The second kappa shape index (κ2) is 8.50. The first-order chi connectivity index (χ1) is 14.5. The summed E-state index contributed by atoms with van der Waals surface area (Å²) in [6, 6.07) is 26.3. The summed E-state index contributed by atoms with van der Waals surface area (Å²) in [6.07, 6.45) is 1.01. The molecule has 3 aromatic carbocycles. The first kappa shape index (κ1) is 19.8. The second-order valence-corrected chi connectivity index (χ2v) is 7.73. The topological polar surface area (TPSA) is 42.0 Å². The van der Waals surface area contributed by atoms with Crippen molar-refractivity contribution in [3.63, 3.8) is 0 Å². The minimum Gasteiger partial charge on any atom is -0.345 e. The maximum absolute atomic E-state index is 13.3. The summed E-state index contributed by atoms with van der Waals surface area (Å²) in [7, 11) is 0. The number of benzene rings is 3. The molecule has 1 aromatic heterocycles. The molecule has 1 heterocycles. The Morgan fingerprint density at radius 2 is 1.73 bits per heavy atom. The van der Waals surface area contributed by atoms with Crippen molar-refractivity contribution in [1.29, 1.82) is 0 Å². The quantitative estimate of drug-likeness (QED) is 0.434. The summed E-state index contributed by atoms with van der Waals surface area (Å²) in [4.78, 5) is 18.1. The molecule has 0 saturated heterocycles. The number of amides is 1. The zero-order valence-corrected chi connectivity index (χ0v) is 17.6. The number of carbonyl (C=O) groups excluding carboxylic acids is 1. The van der Waals surface area contributed by atoms with Crippen molar-refractivity contribution in [2.45, 2.75) is 33.2 Å². The van der Waals surface area contributed by atoms with E-state index in [1.54, 1.807) is 0 Å². The molecule has 0 spiro atoms. The van der Waals surface area contributed by atoms with Gasteiger partial charge in [0.15, 0.2) is 0 Å². The third-order valence-electron chi connectivity index (χ3n) is 5.51. The maximum atomic E-state index is 13.3. The zero-order chi connectivity index (χ0) is 21.1. The van der Waals surface area contributed by atoms with Crippen LogP contribution < -0.4 is 5.32 Å². The monoisotopic (exact) mass is 394 g/mol. The van der Waals surface area contributed by atoms with Gasteiger partial charge in [-0.2, -0.15) is 0 Å². The number of fused-ring (bicyclic) bond motifs is 1. The lowest BCUT2D eigenvalue weighted by Crippen LogP contribution is -2.27. The zero-order valence-electron chi connectivity index (χ0n) is 17.6. The molecule has 0 saturated carbocycles. The highest BCUT2D eigenvalue weighted by Crippen LogP contribution is 2.26. The number of para-hydroxylation sites is 1. The first-order valence-electron chi connectivity index (χ1n) is 10.4. The van der Waals surface area contributed by atoms with Gasteiger partial charge in [0.25, 0.3) is 5.91 Å². The Balaban J connectivity index is 1.70. The number of aromatic nitrogens is 1. The van der Waals surface area contributed by atoms with Gasteiger partial charge in [-0.25, -0.2) is 4.98 Å². The van der Waals surface area contributed by atoms with Crippen molar-refractivity contribution in [1.82, 2.24) is 10.3 Å². The van der Waals surface area contributed by atoms with Crippen LogP contribution in [0, 0.1) is 6.92 Å². The van der Waals surface area contributed by atoms with Gasteiger partial charge >= 0.3 is 0 Å². The van der Waals surface area contributed by atoms with Crippen molar-refractivity contribution in [2.75, 3.05) is 0 Å². The van der Waals surface area contributed by atoms with Gasteiger partial charge < -0.3 is 5.32 Å². The van der Waals surface area contributed by atoms with Crippen molar-refractivity contribution >= 4 is 16.8 Å². The van der Waals surface area contributed by atoms with E-state index < -0.39 is 0 Å². The van der Waals surface area contributed by atoms with E-state index in [1.807, 2.05) is 49.4 Å². The van der Waals surface area contributed by atoms with Crippen LogP contribution in [-0.2, 0) is 6.42 Å². The van der Waals surface area contributed by atoms with Crippen LogP contribution in [0.5, 0.6) is 0 Å². The molecule has 0 aliphatic rings. The molecule has 0 fully saturated rings. The average Bonchev–Trinajstić information content (AvgIpc) is 2.78. The van der Waals surface area contributed by atoms with E-state index in [9.17, 15) is 4.79 Å². The number of aryl methyl sites for hydroxylation is 2. The molecule has 150 valence electrons. The molecule has 30 heavy (non-hydrogen) atoms. The van der Waals surface area contributed by atoms with Gasteiger partial charge in [0.1, 0.15) is 0 Å². The lowest BCUT2D eigenvalue weighted by atomic mass is 10.0. The Morgan fingerprint density at radius 1 is 0.967 bits per heavy atom. The van der Waals surface area contributed by atoms with E-state index in [2.05, 4.69) is 55.6 Å². The number of pyridine rings is 1. The molecule has 0 radical (unpaired) electrons. The maximum Gasteiger partial charge on any atom is 0.252 e. The van der Waals surface area contributed by atoms with E-state index in [1.165, 1.54) is 5.56 Å². The number of carbonyl (C=O) groups is 1. The molecule has 3 heteroatoms. The second-order valence-electron chi connectivity index (χ2n) is 7.73. The SMILES string of the molecule is CCc1ccc(C(C)NC(=O)c2cc(-c3cccc(C)c3)nc3ccccc23)cc1. The van der Waals surface area contributed by atoms with E-state index in [0.29, 0.717) is 5.56 Å². The molecule has 0 aliphatic carbocycles. The first-order valence-corrected chi connectivity index (χ1v) is 10.4. The average molecular weight is 395 g/mol. The highest BCUT2D eigenvalue weighted by molar-refractivity contribution is 6.07. The molecule has 0 bridgehead atoms. The van der Waals surface area contributed by atoms with Crippen LogP contribution in [0.1, 0.15) is 46.9 Å². The van der Waals surface area contributed by atoms with Crippen molar-refractivity contribution in [2.24, 2.45) is 0 Å². The Bertz CT molecular complexity index is 1200. The van der Waals surface area contributed by atoms with Gasteiger partial charge in [-0.3, -0.25) is 4.79 Å². The van der Waals surface area contributed by atoms with Crippen molar-refractivity contribution in [3.8, 4) is 11.3 Å². The number of rotatable bonds is 5. The van der Waals surface area contributed by atoms with E-state index >= 15 is 0 Å². The largest absolute Gasteiger partial charge is 0.345 e. The standard InChI is InChI=1S/C27H26N2O/c1-4-20-12-14-21(15-13-20)19(3)28-27(30)24-17-26(22-9-7-8-18(2)16-22)29-25-11-6-5-10-23(24)25/h5-17,19H,4H2,1-3H3,(H,28,30). The Kier molecular flexibility index (Phi) is 5.62. The minimum atomic E-state index is -0.0884. The van der Waals surface area contributed by atoms with E-state index in [-0.39, 0.29) is 11.9 Å². The summed E-state index contributed by atoms with van der Waals surface area (Å²) in [6.45, 7) is 6.22. The summed E-state index contributed by atoms with van der Waals surface area (Å²) in [5, 5.41) is 4.03. The highest BCUT2D eigenvalue weighted by Gasteiger charge is 2.16. The predicted octanol–water partition coefficient (Wildman–Crippen LogP) is 6.26. The van der Waals surface area contributed by atoms with Gasteiger partial charge in [0.05, 0.1) is 22.8 Å². The summed E-state index contributed by atoms with van der Waals surface area (Å²) in [5.74, 6) is -0.0884. The number of hydrogen-bond donors (Lipinski definition) is 1. The molecule has 4 aromatic rings.